The molecule has 5 heteroatoms. The number of carbonyl (C=O) groups excluding carboxylic acids is 2. The monoisotopic (exact) mass is 272 g/mol. The van der Waals surface area contributed by atoms with Gasteiger partial charge in [-0.1, -0.05) is 27.7 Å². The second-order valence-corrected chi connectivity index (χ2v) is 6.38. The summed E-state index contributed by atoms with van der Waals surface area (Å²) in [5, 5.41) is 14.7. The molecule has 0 saturated heterocycles. The van der Waals surface area contributed by atoms with Crippen LogP contribution in [0.15, 0.2) is 0 Å². The lowest BCUT2D eigenvalue weighted by Crippen LogP contribution is -2.48. The summed E-state index contributed by atoms with van der Waals surface area (Å²) in [5.74, 6) is -0.142. The molecule has 0 bridgehead atoms. The first-order valence-electron chi connectivity index (χ1n) is 6.80. The van der Waals surface area contributed by atoms with E-state index in [1.807, 2.05) is 6.92 Å². The Morgan fingerprint density at radius 1 is 1.16 bits per heavy atom. The fourth-order valence-electron chi connectivity index (χ4n) is 1.57. The molecule has 0 aromatic heterocycles. The van der Waals surface area contributed by atoms with Gasteiger partial charge in [0, 0.05) is 12.0 Å². The molecule has 5 nitrogen and oxygen atoms in total. The van der Waals surface area contributed by atoms with E-state index in [4.69, 9.17) is 0 Å². The SMILES string of the molecule is CC(O)CC(C)CNC(=O)C(C)NC(=O)C(C)(C)C. The summed E-state index contributed by atoms with van der Waals surface area (Å²) < 4.78 is 0. The maximum absolute atomic E-state index is 11.8. The number of aliphatic hydroxyl groups excluding tert-OH is 1. The number of amides is 2. The van der Waals surface area contributed by atoms with Crippen LogP contribution in [0.3, 0.4) is 0 Å². The fourth-order valence-corrected chi connectivity index (χ4v) is 1.57. The fraction of sp³-hybridized carbons (Fsp3) is 0.857. The van der Waals surface area contributed by atoms with E-state index in [0.717, 1.165) is 0 Å². The van der Waals surface area contributed by atoms with Crippen LogP contribution in [0.5, 0.6) is 0 Å². The van der Waals surface area contributed by atoms with Crippen LogP contribution in [0.25, 0.3) is 0 Å². The number of rotatable bonds is 6. The molecule has 0 spiro atoms. The third-order valence-corrected chi connectivity index (χ3v) is 2.79. The normalized spacial score (nSPS) is 16.4. The van der Waals surface area contributed by atoms with Crippen LogP contribution in [0.4, 0.5) is 0 Å². The number of carbonyl (C=O) groups is 2. The molecule has 3 atom stereocenters. The van der Waals surface area contributed by atoms with Crippen molar-refractivity contribution in [2.24, 2.45) is 11.3 Å². The van der Waals surface area contributed by atoms with Crippen LogP contribution < -0.4 is 10.6 Å². The van der Waals surface area contributed by atoms with E-state index < -0.39 is 11.5 Å². The van der Waals surface area contributed by atoms with Crippen LogP contribution in [-0.2, 0) is 9.59 Å². The zero-order valence-corrected chi connectivity index (χ0v) is 12.9. The zero-order valence-electron chi connectivity index (χ0n) is 12.9. The largest absolute Gasteiger partial charge is 0.393 e. The van der Waals surface area contributed by atoms with Crippen molar-refractivity contribution in [2.45, 2.75) is 60.1 Å². The Hall–Kier alpha value is -1.10. The Bertz CT molecular complexity index is 308. The van der Waals surface area contributed by atoms with E-state index in [0.29, 0.717) is 13.0 Å². The lowest BCUT2D eigenvalue weighted by molar-refractivity contribution is -0.133. The van der Waals surface area contributed by atoms with E-state index in [1.54, 1.807) is 34.6 Å². The van der Waals surface area contributed by atoms with Gasteiger partial charge in [0.25, 0.3) is 0 Å². The minimum absolute atomic E-state index is 0.146. The van der Waals surface area contributed by atoms with Crippen molar-refractivity contribution in [1.82, 2.24) is 10.6 Å². The summed E-state index contributed by atoms with van der Waals surface area (Å²) in [6.07, 6.45) is 0.271. The van der Waals surface area contributed by atoms with Gasteiger partial charge in [-0.15, -0.1) is 0 Å². The zero-order chi connectivity index (χ0) is 15.2. The van der Waals surface area contributed by atoms with Gasteiger partial charge in [0.2, 0.25) is 11.8 Å². The second-order valence-electron chi connectivity index (χ2n) is 6.38. The molecule has 0 aliphatic heterocycles. The minimum Gasteiger partial charge on any atom is -0.393 e. The van der Waals surface area contributed by atoms with Crippen molar-refractivity contribution in [3.63, 3.8) is 0 Å². The van der Waals surface area contributed by atoms with Gasteiger partial charge in [-0.05, 0) is 26.2 Å². The summed E-state index contributed by atoms with van der Waals surface area (Å²) in [6.45, 7) is 11.3. The van der Waals surface area contributed by atoms with Crippen molar-refractivity contribution >= 4 is 11.8 Å². The Labute approximate surface area is 116 Å². The molecule has 0 saturated carbocycles. The molecular weight excluding hydrogens is 244 g/mol. The third-order valence-electron chi connectivity index (χ3n) is 2.79. The highest BCUT2D eigenvalue weighted by Gasteiger charge is 2.25. The second kappa shape index (κ2) is 7.48. The first-order valence-corrected chi connectivity index (χ1v) is 6.80. The van der Waals surface area contributed by atoms with Crippen molar-refractivity contribution in [3.8, 4) is 0 Å². The Morgan fingerprint density at radius 3 is 2.11 bits per heavy atom. The number of aliphatic hydroxyl groups is 1. The molecule has 0 fully saturated rings. The van der Waals surface area contributed by atoms with Crippen LogP contribution in [0, 0.1) is 11.3 Å². The van der Waals surface area contributed by atoms with Gasteiger partial charge in [-0.25, -0.2) is 0 Å². The smallest absolute Gasteiger partial charge is 0.242 e. The highest BCUT2D eigenvalue weighted by atomic mass is 16.3. The molecule has 0 rings (SSSR count). The van der Waals surface area contributed by atoms with Gasteiger partial charge >= 0.3 is 0 Å². The van der Waals surface area contributed by atoms with Gasteiger partial charge in [-0.3, -0.25) is 9.59 Å². The van der Waals surface area contributed by atoms with Crippen LogP contribution in [0.2, 0.25) is 0 Å². The predicted molar refractivity (Wildman–Crippen MR) is 75.5 cm³/mol. The van der Waals surface area contributed by atoms with Gasteiger partial charge in [0.05, 0.1) is 6.10 Å². The lowest BCUT2D eigenvalue weighted by atomic mass is 9.95. The Balaban J connectivity index is 4.11. The maximum Gasteiger partial charge on any atom is 0.242 e. The van der Waals surface area contributed by atoms with Crippen LogP contribution >= 0.6 is 0 Å². The molecule has 3 unspecified atom stereocenters. The van der Waals surface area contributed by atoms with Gasteiger partial charge in [0.15, 0.2) is 0 Å². The topological polar surface area (TPSA) is 78.4 Å². The molecule has 0 aromatic carbocycles. The summed E-state index contributed by atoms with van der Waals surface area (Å²) in [5.41, 5.74) is -0.506. The highest BCUT2D eigenvalue weighted by Crippen LogP contribution is 2.12. The number of hydrogen-bond donors (Lipinski definition) is 3. The molecule has 0 heterocycles. The van der Waals surface area contributed by atoms with Crippen molar-refractivity contribution in [2.75, 3.05) is 6.54 Å². The first kappa shape index (κ1) is 17.9. The summed E-state index contributed by atoms with van der Waals surface area (Å²) in [4.78, 5) is 23.5. The number of nitrogens with one attached hydrogen (secondary N) is 2. The summed E-state index contributed by atoms with van der Waals surface area (Å²) >= 11 is 0. The predicted octanol–water partition coefficient (Wildman–Crippen LogP) is 1.06. The van der Waals surface area contributed by atoms with Crippen molar-refractivity contribution in [3.05, 3.63) is 0 Å². The first-order chi connectivity index (χ1) is 8.54. The van der Waals surface area contributed by atoms with E-state index in [-0.39, 0.29) is 23.8 Å². The standard InChI is InChI=1S/C14H28N2O3/c1-9(7-10(2)17)8-15-12(18)11(3)16-13(19)14(4,5)6/h9-11,17H,7-8H2,1-6H3,(H,15,18)(H,16,19). The molecule has 0 radical (unpaired) electrons. The van der Waals surface area contributed by atoms with Gasteiger partial charge in [0.1, 0.15) is 6.04 Å². The molecule has 0 aliphatic rings. The van der Waals surface area contributed by atoms with E-state index in [1.165, 1.54) is 0 Å². The average Bonchev–Trinajstić information content (AvgIpc) is 2.23. The minimum atomic E-state index is -0.550. The van der Waals surface area contributed by atoms with Gasteiger partial charge < -0.3 is 15.7 Å². The summed E-state index contributed by atoms with van der Waals surface area (Å²) in [7, 11) is 0. The molecule has 0 aromatic rings. The molecule has 0 aliphatic carbocycles. The Morgan fingerprint density at radius 2 is 1.68 bits per heavy atom. The van der Waals surface area contributed by atoms with Crippen LogP contribution in [-0.4, -0.2) is 35.6 Å². The van der Waals surface area contributed by atoms with E-state index in [9.17, 15) is 14.7 Å². The lowest BCUT2D eigenvalue weighted by Gasteiger charge is -2.22. The molecule has 2 amide bonds. The van der Waals surface area contributed by atoms with Crippen LogP contribution in [0.1, 0.15) is 48.0 Å². The van der Waals surface area contributed by atoms with E-state index >= 15 is 0 Å². The molecule has 19 heavy (non-hydrogen) atoms. The third kappa shape index (κ3) is 7.82. The maximum atomic E-state index is 11.8. The highest BCUT2D eigenvalue weighted by molar-refractivity contribution is 5.89. The summed E-state index contributed by atoms with van der Waals surface area (Å²) in [6, 6.07) is -0.550. The average molecular weight is 272 g/mol. The van der Waals surface area contributed by atoms with Crippen molar-refractivity contribution < 1.29 is 14.7 Å². The van der Waals surface area contributed by atoms with Crippen molar-refractivity contribution in [1.29, 1.82) is 0 Å². The van der Waals surface area contributed by atoms with Gasteiger partial charge in [-0.2, -0.15) is 0 Å². The Kier molecular flexibility index (Phi) is 7.05. The number of hydrogen-bond acceptors (Lipinski definition) is 3. The molecular formula is C14H28N2O3. The van der Waals surface area contributed by atoms with E-state index in [2.05, 4.69) is 10.6 Å². The quantitative estimate of drug-likeness (QED) is 0.676. The molecule has 3 N–H and O–H groups in total. The molecule has 112 valence electrons.